The Morgan fingerprint density at radius 1 is 1.41 bits per heavy atom. The lowest BCUT2D eigenvalue weighted by molar-refractivity contribution is 0.0893. The van der Waals surface area contributed by atoms with E-state index in [1.807, 2.05) is 6.07 Å². The molecule has 1 aromatic rings. The number of benzene rings is 1. The van der Waals surface area contributed by atoms with E-state index in [1.54, 1.807) is 6.07 Å². The van der Waals surface area contributed by atoms with E-state index < -0.39 is 0 Å². The van der Waals surface area contributed by atoms with E-state index in [0.717, 1.165) is 17.4 Å². The van der Waals surface area contributed by atoms with Crippen molar-refractivity contribution in [3.63, 3.8) is 0 Å². The molecule has 0 amide bonds. The van der Waals surface area contributed by atoms with E-state index >= 15 is 0 Å². The van der Waals surface area contributed by atoms with Crippen LogP contribution < -0.4 is 5.32 Å². The number of hydrogen-bond acceptors (Lipinski definition) is 2. The molecule has 0 aromatic heterocycles. The highest BCUT2D eigenvalue weighted by molar-refractivity contribution is 9.10. The van der Waals surface area contributed by atoms with Crippen molar-refractivity contribution in [2.24, 2.45) is 0 Å². The Hall–Kier alpha value is -0.450. The number of halogens is 2. The molecule has 2 rings (SSSR count). The molecule has 1 aliphatic rings. The highest BCUT2D eigenvalue weighted by Crippen LogP contribution is 2.16. The topological polar surface area (TPSA) is 21.3 Å². The van der Waals surface area contributed by atoms with Gasteiger partial charge < -0.3 is 10.1 Å². The predicted molar refractivity (Wildman–Crippen MR) is 69.4 cm³/mol. The third-order valence-corrected chi connectivity index (χ3v) is 3.50. The number of rotatable bonds is 4. The maximum absolute atomic E-state index is 13.5. The first-order chi connectivity index (χ1) is 8.25. The fourth-order valence-corrected chi connectivity index (χ4v) is 2.35. The van der Waals surface area contributed by atoms with Crippen molar-refractivity contribution in [2.75, 3.05) is 13.2 Å². The molecule has 1 N–H and O–H groups in total. The molecule has 0 radical (unpaired) electrons. The summed E-state index contributed by atoms with van der Waals surface area (Å²) in [7, 11) is 0. The first-order valence-electron chi connectivity index (χ1n) is 6.01. The molecule has 0 spiro atoms. The van der Waals surface area contributed by atoms with Crippen LogP contribution >= 0.6 is 15.9 Å². The fourth-order valence-electron chi connectivity index (χ4n) is 2.02. The van der Waals surface area contributed by atoms with Crippen LogP contribution in [-0.2, 0) is 11.3 Å². The molecule has 1 aromatic carbocycles. The Labute approximate surface area is 110 Å². The van der Waals surface area contributed by atoms with Crippen LogP contribution in [0.25, 0.3) is 0 Å². The van der Waals surface area contributed by atoms with Crippen LogP contribution in [0.15, 0.2) is 22.7 Å². The lowest BCUT2D eigenvalue weighted by Crippen LogP contribution is -2.37. The van der Waals surface area contributed by atoms with Crippen molar-refractivity contribution < 1.29 is 9.13 Å². The monoisotopic (exact) mass is 301 g/mol. The highest BCUT2D eigenvalue weighted by atomic mass is 79.9. The molecule has 0 saturated carbocycles. The molecule has 4 heteroatoms. The Balaban J connectivity index is 1.77. The van der Waals surface area contributed by atoms with Crippen molar-refractivity contribution in [1.29, 1.82) is 0 Å². The van der Waals surface area contributed by atoms with Crippen LogP contribution in [0.3, 0.4) is 0 Å². The van der Waals surface area contributed by atoms with E-state index in [9.17, 15) is 4.39 Å². The van der Waals surface area contributed by atoms with Gasteiger partial charge in [-0.25, -0.2) is 4.39 Å². The summed E-state index contributed by atoms with van der Waals surface area (Å²) < 4.78 is 19.8. The summed E-state index contributed by atoms with van der Waals surface area (Å²) in [6.45, 7) is 2.08. The zero-order valence-electron chi connectivity index (χ0n) is 9.72. The summed E-state index contributed by atoms with van der Waals surface area (Å²) in [5, 5.41) is 3.40. The Kier molecular flexibility index (Phi) is 4.95. The molecular weight excluding hydrogens is 285 g/mol. The van der Waals surface area contributed by atoms with Gasteiger partial charge in [0.2, 0.25) is 0 Å². The maximum Gasteiger partial charge on any atom is 0.129 e. The number of hydrogen-bond donors (Lipinski definition) is 1. The van der Waals surface area contributed by atoms with Crippen molar-refractivity contribution in [3.05, 3.63) is 34.1 Å². The minimum Gasteiger partial charge on any atom is -0.375 e. The smallest absolute Gasteiger partial charge is 0.129 e. The highest BCUT2D eigenvalue weighted by Gasteiger charge is 2.12. The molecule has 0 bridgehead atoms. The zero-order chi connectivity index (χ0) is 12.1. The standard InChI is InChI=1S/C13H17BrFNO/c14-11-5-4-10(13(15)7-11)8-17-9-12-3-1-2-6-16-12/h4-5,7,12,16H,1-3,6,8-9H2. The van der Waals surface area contributed by atoms with E-state index in [4.69, 9.17) is 4.74 Å². The van der Waals surface area contributed by atoms with Gasteiger partial charge in [0.1, 0.15) is 5.82 Å². The average Bonchev–Trinajstić information content (AvgIpc) is 2.33. The van der Waals surface area contributed by atoms with Crippen molar-refractivity contribution >= 4 is 15.9 Å². The second-order valence-corrected chi connectivity index (χ2v) is 5.31. The normalized spacial score (nSPS) is 20.5. The van der Waals surface area contributed by atoms with Gasteiger partial charge in [-0.3, -0.25) is 0 Å². The molecule has 0 aliphatic carbocycles. The third-order valence-electron chi connectivity index (χ3n) is 3.00. The molecule has 1 saturated heterocycles. The quantitative estimate of drug-likeness (QED) is 0.922. The number of nitrogens with one attached hydrogen (secondary N) is 1. The second-order valence-electron chi connectivity index (χ2n) is 4.40. The van der Waals surface area contributed by atoms with Gasteiger partial charge in [0.15, 0.2) is 0 Å². The van der Waals surface area contributed by atoms with Crippen LogP contribution in [0.2, 0.25) is 0 Å². The van der Waals surface area contributed by atoms with Gasteiger partial charge in [-0.1, -0.05) is 28.4 Å². The van der Waals surface area contributed by atoms with Crippen LogP contribution in [0.1, 0.15) is 24.8 Å². The van der Waals surface area contributed by atoms with Crippen LogP contribution in [0.4, 0.5) is 4.39 Å². The van der Waals surface area contributed by atoms with E-state index in [2.05, 4.69) is 21.2 Å². The second kappa shape index (κ2) is 6.47. The van der Waals surface area contributed by atoms with Crippen molar-refractivity contribution in [3.8, 4) is 0 Å². The van der Waals surface area contributed by atoms with Crippen LogP contribution in [-0.4, -0.2) is 19.2 Å². The minimum atomic E-state index is -0.212. The SMILES string of the molecule is Fc1cc(Br)ccc1COCC1CCCCN1. The maximum atomic E-state index is 13.5. The van der Waals surface area contributed by atoms with Crippen LogP contribution in [0.5, 0.6) is 0 Å². The summed E-state index contributed by atoms with van der Waals surface area (Å²) in [6.07, 6.45) is 3.66. The molecule has 94 valence electrons. The van der Waals surface area contributed by atoms with Gasteiger partial charge in [-0.15, -0.1) is 0 Å². The Morgan fingerprint density at radius 3 is 3.00 bits per heavy atom. The largest absolute Gasteiger partial charge is 0.375 e. The minimum absolute atomic E-state index is 0.212. The van der Waals surface area contributed by atoms with Crippen LogP contribution in [0, 0.1) is 5.82 Å². The van der Waals surface area contributed by atoms with E-state index in [0.29, 0.717) is 24.8 Å². The first-order valence-corrected chi connectivity index (χ1v) is 6.80. The molecule has 17 heavy (non-hydrogen) atoms. The summed E-state index contributed by atoms with van der Waals surface area (Å²) in [5.41, 5.74) is 0.615. The molecule has 1 aliphatic heterocycles. The van der Waals surface area contributed by atoms with Crippen molar-refractivity contribution in [2.45, 2.75) is 31.9 Å². The molecule has 1 heterocycles. The summed E-state index contributed by atoms with van der Waals surface area (Å²) in [4.78, 5) is 0. The fraction of sp³-hybridized carbons (Fsp3) is 0.538. The summed E-state index contributed by atoms with van der Waals surface area (Å²) >= 11 is 3.24. The predicted octanol–water partition coefficient (Wildman–Crippen LogP) is 3.25. The van der Waals surface area contributed by atoms with Gasteiger partial charge in [0.05, 0.1) is 13.2 Å². The van der Waals surface area contributed by atoms with E-state index in [1.165, 1.54) is 18.9 Å². The first kappa shape index (κ1) is 13.0. The molecule has 1 unspecified atom stereocenters. The number of ether oxygens (including phenoxy) is 1. The molecule has 2 nitrogen and oxygen atoms in total. The lowest BCUT2D eigenvalue weighted by atomic mass is 10.1. The van der Waals surface area contributed by atoms with Gasteiger partial charge in [-0.2, -0.15) is 0 Å². The Bertz CT molecular complexity index is 366. The molecule has 1 atom stereocenters. The summed E-state index contributed by atoms with van der Waals surface area (Å²) in [5.74, 6) is -0.212. The average molecular weight is 302 g/mol. The van der Waals surface area contributed by atoms with Gasteiger partial charge in [0, 0.05) is 16.1 Å². The third kappa shape index (κ3) is 4.05. The zero-order valence-corrected chi connectivity index (χ0v) is 11.3. The van der Waals surface area contributed by atoms with Gasteiger partial charge >= 0.3 is 0 Å². The van der Waals surface area contributed by atoms with Gasteiger partial charge in [-0.05, 0) is 31.5 Å². The molecule has 1 fully saturated rings. The lowest BCUT2D eigenvalue weighted by Gasteiger charge is -2.23. The van der Waals surface area contributed by atoms with E-state index in [-0.39, 0.29) is 5.82 Å². The van der Waals surface area contributed by atoms with Crippen molar-refractivity contribution in [1.82, 2.24) is 5.32 Å². The van der Waals surface area contributed by atoms with Gasteiger partial charge in [0.25, 0.3) is 0 Å². The number of piperidine rings is 1. The Morgan fingerprint density at radius 2 is 2.29 bits per heavy atom. The summed E-state index contributed by atoms with van der Waals surface area (Å²) in [6, 6.07) is 5.49. The molecular formula is C13H17BrFNO.